The molecular weight excluding hydrogens is 446 g/mol. The first-order valence-corrected chi connectivity index (χ1v) is 11.2. The third-order valence-corrected chi connectivity index (χ3v) is 6.47. The molecule has 2 aliphatic carbocycles. The van der Waals surface area contributed by atoms with Crippen LogP contribution in [0.15, 0.2) is 48.5 Å². The largest absolute Gasteiger partial charge is 0.481 e. The highest BCUT2D eigenvalue weighted by Crippen LogP contribution is 2.44. The molecule has 0 aliphatic heterocycles. The van der Waals surface area contributed by atoms with Gasteiger partial charge < -0.3 is 20.5 Å². The fourth-order valence-electron chi connectivity index (χ4n) is 4.84. The number of carboxylic acid groups (broad SMARTS) is 1. The van der Waals surface area contributed by atoms with Gasteiger partial charge in [-0.3, -0.25) is 9.59 Å². The molecule has 1 saturated carbocycles. The minimum atomic E-state index is -3.82. The van der Waals surface area contributed by atoms with Crippen molar-refractivity contribution in [3.8, 4) is 11.1 Å². The van der Waals surface area contributed by atoms with E-state index in [1.54, 1.807) is 0 Å². The Balaban J connectivity index is 1.27. The zero-order valence-electron chi connectivity index (χ0n) is 18.4. The van der Waals surface area contributed by atoms with Crippen molar-refractivity contribution < 1.29 is 33.0 Å². The number of hydrogen-bond acceptors (Lipinski definition) is 4. The second-order valence-corrected chi connectivity index (χ2v) is 8.83. The summed E-state index contributed by atoms with van der Waals surface area (Å²) in [5.74, 6) is -6.61. The molecule has 2 aromatic rings. The lowest BCUT2D eigenvalue weighted by Gasteiger charge is -2.20. The minimum absolute atomic E-state index is 0.0231. The highest BCUT2D eigenvalue weighted by atomic mass is 19.3. The lowest BCUT2D eigenvalue weighted by atomic mass is 9.98. The van der Waals surface area contributed by atoms with Crippen molar-refractivity contribution in [1.29, 1.82) is 0 Å². The number of ether oxygens (including phenoxy) is 1. The molecule has 2 atom stereocenters. The summed E-state index contributed by atoms with van der Waals surface area (Å²) in [7, 11) is 0. The SMILES string of the molecule is O=C(O)CC1CCC(NC(=O)C(F)(F)CNC(=O)OCC2c3ccccc3-c3ccccc32)C1. The van der Waals surface area contributed by atoms with Crippen LogP contribution in [0.3, 0.4) is 0 Å². The summed E-state index contributed by atoms with van der Waals surface area (Å²) >= 11 is 0. The first kappa shape index (κ1) is 23.7. The molecule has 1 fully saturated rings. The maximum Gasteiger partial charge on any atom is 0.407 e. The standard InChI is InChI=1S/C25H26F2N2O5/c26-25(27,23(32)29-16-10-9-15(11-16)12-22(30)31)14-28-24(33)34-13-21-19-7-3-1-5-17(19)18-6-2-4-8-20(18)21/h1-8,15-16,21H,9-14H2,(H,28,33)(H,29,32)(H,30,31). The summed E-state index contributed by atoms with van der Waals surface area (Å²) < 4.78 is 33.8. The summed E-state index contributed by atoms with van der Waals surface area (Å²) in [6.07, 6.45) is 0.261. The van der Waals surface area contributed by atoms with E-state index in [-0.39, 0.29) is 24.9 Å². The highest BCUT2D eigenvalue weighted by molar-refractivity contribution is 5.84. The zero-order valence-corrected chi connectivity index (χ0v) is 18.4. The van der Waals surface area contributed by atoms with Crippen LogP contribution in [-0.4, -0.2) is 48.2 Å². The van der Waals surface area contributed by atoms with E-state index in [2.05, 4.69) is 5.32 Å². The molecule has 3 N–H and O–H groups in total. The molecule has 2 aliphatic rings. The Morgan fingerprint density at radius 2 is 1.62 bits per heavy atom. The normalized spacial score (nSPS) is 19.2. The first-order chi connectivity index (χ1) is 16.2. The van der Waals surface area contributed by atoms with Crippen molar-refractivity contribution in [3.05, 3.63) is 59.7 Å². The second kappa shape index (κ2) is 9.79. The van der Waals surface area contributed by atoms with Crippen LogP contribution in [0.5, 0.6) is 0 Å². The van der Waals surface area contributed by atoms with Gasteiger partial charge >= 0.3 is 18.0 Å². The van der Waals surface area contributed by atoms with Crippen LogP contribution < -0.4 is 10.6 Å². The van der Waals surface area contributed by atoms with Gasteiger partial charge in [0, 0.05) is 18.4 Å². The van der Waals surface area contributed by atoms with Crippen LogP contribution >= 0.6 is 0 Å². The molecule has 0 bridgehead atoms. The predicted octanol–water partition coefficient (Wildman–Crippen LogP) is 3.92. The molecule has 34 heavy (non-hydrogen) atoms. The molecule has 180 valence electrons. The Bertz CT molecular complexity index is 1040. The van der Waals surface area contributed by atoms with Gasteiger partial charge in [0.15, 0.2) is 0 Å². The predicted molar refractivity (Wildman–Crippen MR) is 120 cm³/mol. The van der Waals surface area contributed by atoms with Crippen molar-refractivity contribution in [2.75, 3.05) is 13.2 Å². The number of alkyl halides is 2. The summed E-state index contributed by atoms with van der Waals surface area (Å²) in [5, 5.41) is 13.1. The monoisotopic (exact) mass is 472 g/mol. The number of nitrogens with one attached hydrogen (secondary N) is 2. The molecule has 2 amide bonds. The van der Waals surface area contributed by atoms with Crippen molar-refractivity contribution in [2.24, 2.45) is 5.92 Å². The molecule has 0 saturated heterocycles. The van der Waals surface area contributed by atoms with Gasteiger partial charge in [-0.2, -0.15) is 8.78 Å². The average Bonchev–Trinajstić information content (AvgIpc) is 3.37. The van der Waals surface area contributed by atoms with E-state index in [4.69, 9.17) is 9.84 Å². The molecule has 9 heteroatoms. The quantitative estimate of drug-likeness (QED) is 0.540. The summed E-state index contributed by atoms with van der Waals surface area (Å²) in [6.45, 7) is -1.22. The Morgan fingerprint density at radius 1 is 1.00 bits per heavy atom. The average molecular weight is 472 g/mol. The zero-order chi connectivity index (χ0) is 24.3. The fraction of sp³-hybridized carbons (Fsp3) is 0.400. The second-order valence-electron chi connectivity index (χ2n) is 8.83. The molecule has 4 rings (SSSR count). The molecule has 0 aromatic heterocycles. The van der Waals surface area contributed by atoms with Crippen LogP contribution in [0.1, 0.15) is 42.7 Å². The number of carbonyl (C=O) groups is 3. The topological polar surface area (TPSA) is 105 Å². The Hall–Kier alpha value is -3.49. The van der Waals surface area contributed by atoms with Gasteiger partial charge in [-0.05, 0) is 47.4 Å². The van der Waals surface area contributed by atoms with Crippen LogP contribution in [0.4, 0.5) is 13.6 Å². The number of hydrogen-bond donors (Lipinski definition) is 3. The number of carboxylic acids is 1. The van der Waals surface area contributed by atoms with Gasteiger partial charge in [0.25, 0.3) is 5.91 Å². The van der Waals surface area contributed by atoms with E-state index in [0.717, 1.165) is 22.3 Å². The summed E-state index contributed by atoms with van der Waals surface area (Å²) in [5.41, 5.74) is 4.10. The Labute approximate surface area is 195 Å². The van der Waals surface area contributed by atoms with Gasteiger partial charge in [-0.15, -0.1) is 0 Å². The molecule has 0 radical (unpaired) electrons. The van der Waals surface area contributed by atoms with Crippen molar-refractivity contribution in [2.45, 2.75) is 43.6 Å². The van der Waals surface area contributed by atoms with Crippen LogP contribution in [0.25, 0.3) is 11.1 Å². The lowest BCUT2D eigenvalue weighted by molar-refractivity contribution is -0.145. The van der Waals surface area contributed by atoms with Crippen molar-refractivity contribution in [3.63, 3.8) is 0 Å². The number of fused-ring (bicyclic) bond motifs is 3. The van der Waals surface area contributed by atoms with Gasteiger partial charge in [-0.25, -0.2) is 4.79 Å². The van der Waals surface area contributed by atoms with Crippen molar-refractivity contribution >= 4 is 18.0 Å². The minimum Gasteiger partial charge on any atom is -0.481 e. The summed E-state index contributed by atoms with van der Waals surface area (Å²) in [6, 6.07) is 15.0. The van der Waals surface area contributed by atoms with Gasteiger partial charge in [0.2, 0.25) is 0 Å². The Kier molecular flexibility index (Phi) is 6.81. The smallest absolute Gasteiger partial charge is 0.407 e. The lowest BCUT2D eigenvalue weighted by Crippen LogP contribution is -2.50. The van der Waals surface area contributed by atoms with E-state index >= 15 is 0 Å². The van der Waals surface area contributed by atoms with Gasteiger partial charge in [0.1, 0.15) is 6.61 Å². The third kappa shape index (κ3) is 5.18. The van der Waals surface area contributed by atoms with Gasteiger partial charge in [0.05, 0.1) is 6.54 Å². The summed E-state index contributed by atoms with van der Waals surface area (Å²) in [4.78, 5) is 35.0. The number of amides is 2. The van der Waals surface area contributed by atoms with E-state index in [1.807, 2.05) is 53.8 Å². The number of aliphatic carboxylic acids is 1. The molecule has 2 unspecified atom stereocenters. The molecular formula is C25H26F2N2O5. The maximum atomic E-state index is 14.3. The number of alkyl carbamates (subject to hydrolysis) is 1. The molecule has 2 aromatic carbocycles. The van der Waals surface area contributed by atoms with E-state index in [9.17, 15) is 23.2 Å². The maximum absolute atomic E-state index is 14.3. The van der Waals surface area contributed by atoms with Crippen LogP contribution in [-0.2, 0) is 14.3 Å². The molecule has 7 nitrogen and oxygen atoms in total. The van der Waals surface area contributed by atoms with Gasteiger partial charge in [-0.1, -0.05) is 48.5 Å². The first-order valence-electron chi connectivity index (χ1n) is 11.2. The third-order valence-electron chi connectivity index (χ3n) is 6.47. The van der Waals surface area contributed by atoms with Crippen molar-refractivity contribution in [1.82, 2.24) is 10.6 Å². The molecule has 0 heterocycles. The number of carbonyl (C=O) groups excluding carboxylic acids is 2. The number of rotatable bonds is 8. The Morgan fingerprint density at radius 3 is 2.24 bits per heavy atom. The number of benzene rings is 2. The van der Waals surface area contributed by atoms with E-state index in [0.29, 0.717) is 19.3 Å². The van der Waals surface area contributed by atoms with Crippen LogP contribution in [0, 0.1) is 5.92 Å². The number of halogens is 2. The van der Waals surface area contributed by atoms with Crippen LogP contribution in [0.2, 0.25) is 0 Å². The molecule has 0 spiro atoms. The van der Waals surface area contributed by atoms with E-state index < -0.39 is 36.5 Å². The van der Waals surface area contributed by atoms with E-state index in [1.165, 1.54) is 0 Å². The fourth-order valence-corrected chi connectivity index (χ4v) is 4.84. The highest BCUT2D eigenvalue weighted by Gasteiger charge is 2.41.